The van der Waals surface area contributed by atoms with Gasteiger partial charge in [-0.2, -0.15) is 0 Å². The minimum absolute atomic E-state index is 0.0350. The van der Waals surface area contributed by atoms with E-state index in [4.69, 9.17) is 4.74 Å². The third-order valence-electron chi connectivity index (χ3n) is 3.57. The van der Waals surface area contributed by atoms with E-state index < -0.39 is 18.5 Å². The molecule has 1 heterocycles. The Labute approximate surface area is 143 Å². The van der Waals surface area contributed by atoms with Gasteiger partial charge in [-0.05, 0) is 47.9 Å². The van der Waals surface area contributed by atoms with Gasteiger partial charge in [-0.25, -0.2) is 4.39 Å². The number of carbonyl (C=O) groups is 2. The molecule has 3 aromatic rings. The molecule has 0 saturated heterocycles. The van der Waals surface area contributed by atoms with Gasteiger partial charge >= 0.3 is 0 Å². The van der Waals surface area contributed by atoms with E-state index in [1.54, 1.807) is 30.5 Å². The molecule has 0 aliphatic rings. The van der Waals surface area contributed by atoms with E-state index >= 15 is 0 Å². The Balaban J connectivity index is 1.58. The van der Waals surface area contributed by atoms with Gasteiger partial charge in [0.05, 0.1) is 0 Å². The fraction of sp³-hybridized carbons (Fsp3) is 0.111. The van der Waals surface area contributed by atoms with Crippen molar-refractivity contribution in [1.82, 2.24) is 15.8 Å². The van der Waals surface area contributed by atoms with Gasteiger partial charge in [0.2, 0.25) is 0 Å². The van der Waals surface area contributed by atoms with E-state index in [1.165, 1.54) is 12.1 Å². The molecule has 0 radical (unpaired) electrons. The Hall–Kier alpha value is -3.35. The van der Waals surface area contributed by atoms with Crippen molar-refractivity contribution < 1.29 is 18.7 Å². The number of carbonyl (C=O) groups excluding carboxylic acids is 2. The smallest absolute Gasteiger partial charge is 0.269 e. The molecule has 1 aromatic heterocycles. The SMILES string of the molecule is O=C(NNC(=O)c1ccc2cc[nH]c2c1)c1ccc(OCCF)cc1. The summed E-state index contributed by atoms with van der Waals surface area (Å²) < 4.78 is 17.1. The molecule has 2 aromatic carbocycles. The van der Waals surface area contributed by atoms with Crippen LogP contribution in [-0.4, -0.2) is 30.1 Å². The second kappa shape index (κ2) is 7.48. The molecule has 0 unspecified atom stereocenters. The summed E-state index contributed by atoms with van der Waals surface area (Å²) >= 11 is 0. The largest absolute Gasteiger partial charge is 0.491 e. The number of benzene rings is 2. The molecule has 128 valence electrons. The first-order valence-electron chi connectivity index (χ1n) is 7.64. The van der Waals surface area contributed by atoms with Gasteiger partial charge < -0.3 is 9.72 Å². The third-order valence-corrected chi connectivity index (χ3v) is 3.57. The molecule has 7 heteroatoms. The van der Waals surface area contributed by atoms with Crippen molar-refractivity contribution in [2.75, 3.05) is 13.3 Å². The zero-order valence-electron chi connectivity index (χ0n) is 13.2. The number of H-pyrrole nitrogens is 1. The highest BCUT2D eigenvalue weighted by Crippen LogP contribution is 2.14. The number of hydrogen-bond acceptors (Lipinski definition) is 3. The van der Waals surface area contributed by atoms with Crippen LogP contribution in [0.25, 0.3) is 10.9 Å². The van der Waals surface area contributed by atoms with Gasteiger partial charge in [0.15, 0.2) is 0 Å². The molecule has 0 bridgehead atoms. The maximum Gasteiger partial charge on any atom is 0.269 e. The highest BCUT2D eigenvalue weighted by atomic mass is 19.1. The molecule has 2 amide bonds. The van der Waals surface area contributed by atoms with Gasteiger partial charge in [0, 0.05) is 22.8 Å². The summed E-state index contributed by atoms with van der Waals surface area (Å²) in [6.07, 6.45) is 1.79. The number of aromatic amines is 1. The van der Waals surface area contributed by atoms with E-state index in [1.807, 2.05) is 12.1 Å². The lowest BCUT2D eigenvalue weighted by atomic mass is 10.1. The number of alkyl halides is 1. The Morgan fingerprint density at radius 3 is 2.36 bits per heavy atom. The van der Waals surface area contributed by atoms with Crippen molar-refractivity contribution in [2.24, 2.45) is 0 Å². The van der Waals surface area contributed by atoms with Gasteiger partial charge in [-0.1, -0.05) is 6.07 Å². The highest BCUT2D eigenvalue weighted by molar-refractivity contribution is 6.00. The molecule has 3 rings (SSSR count). The Morgan fingerprint density at radius 1 is 0.960 bits per heavy atom. The first kappa shape index (κ1) is 16.5. The number of halogens is 1. The van der Waals surface area contributed by atoms with E-state index in [2.05, 4.69) is 15.8 Å². The summed E-state index contributed by atoms with van der Waals surface area (Å²) in [5.41, 5.74) is 6.32. The standard InChI is InChI=1S/C18H16FN3O3/c19-8-10-25-15-5-3-13(4-6-15)17(23)21-22-18(24)14-2-1-12-7-9-20-16(12)11-14/h1-7,9,11,20H,8,10H2,(H,21,23)(H,22,24). The Bertz CT molecular complexity index is 890. The predicted octanol–water partition coefficient (Wildman–Crippen LogP) is 2.59. The average molecular weight is 341 g/mol. The number of aromatic nitrogens is 1. The van der Waals surface area contributed by atoms with Crippen LogP contribution in [0.15, 0.2) is 54.7 Å². The van der Waals surface area contributed by atoms with E-state index in [0.29, 0.717) is 16.9 Å². The molecule has 3 N–H and O–H groups in total. The topological polar surface area (TPSA) is 83.2 Å². The van der Waals surface area contributed by atoms with Crippen molar-refractivity contribution in [3.63, 3.8) is 0 Å². The lowest BCUT2D eigenvalue weighted by Crippen LogP contribution is -2.41. The summed E-state index contributed by atoms with van der Waals surface area (Å²) in [4.78, 5) is 27.2. The molecule has 0 atom stereocenters. The number of fused-ring (bicyclic) bond motifs is 1. The van der Waals surface area contributed by atoms with Crippen molar-refractivity contribution >= 4 is 22.7 Å². The van der Waals surface area contributed by atoms with Crippen molar-refractivity contribution in [3.05, 3.63) is 65.9 Å². The minimum atomic E-state index is -0.581. The molecule has 25 heavy (non-hydrogen) atoms. The lowest BCUT2D eigenvalue weighted by Gasteiger charge is -2.08. The number of hydrogen-bond donors (Lipinski definition) is 3. The summed E-state index contributed by atoms with van der Waals surface area (Å²) in [5, 5.41) is 0.996. The van der Waals surface area contributed by atoms with Gasteiger partial charge in [-0.3, -0.25) is 20.4 Å². The molecule has 0 aliphatic carbocycles. The van der Waals surface area contributed by atoms with Gasteiger partial charge in [-0.15, -0.1) is 0 Å². The highest BCUT2D eigenvalue weighted by Gasteiger charge is 2.10. The predicted molar refractivity (Wildman–Crippen MR) is 91.1 cm³/mol. The van der Waals surface area contributed by atoms with Crippen LogP contribution in [-0.2, 0) is 0 Å². The molecular formula is C18H16FN3O3. The van der Waals surface area contributed by atoms with Crippen LogP contribution in [0.5, 0.6) is 5.75 Å². The third kappa shape index (κ3) is 3.95. The van der Waals surface area contributed by atoms with Crippen LogP contribution in [0.3, 0.4) is 0 Å². The number of rotatable bonds is 5. The van der Waals surface area contributed by atoms with Crippen LogP contribution in [0.4, 0.5) is 4.39 Å². The average Bonchev–Trinajstić information content (AvgIpc) is 3.12. The molecule has 0 saturated carbocycles. The van der Waals surface area contributed by atoms with E-state index in [-0.39, 0.29) is 6.61 Å². The van der Waals surface area contributed by atoms with Gasteiger partial charge in [0.25, 0.3) is 11.8 Å². The summed E-state index contributed by atoms with van der Waals surface area (Å²) in [6.45, 7) is -0.616. The number of nitrogens with one attached hydrogen (secondary N) is 3. The van der Waals surface area contributed by atoms with Crippen molar-refractivity contribution in [1.29, 1.82) is 0 Å². The second-order valence-electron chi connectivity index (χ2n) is 5.25. The Morgan fingerprint density at radius 2 is 1.64 bits per heavy atom. The normalized spacial score (nSPS) is 10.4. The van der Waals surface area contributed by atoms with E-state index in [9.17, 15) is 14.0 Å². The molecule has 0 spiro atoms. The zero-order valence-corrected chi connectivity index (χ0v) is 13.2. The number of ether oxygens (including phenoxy) is 1. The van der Waals surface area contributed by atoms with Crippen LogP contribution < -0.4 is 15.6 Å². The fourth-order valence-corrected chi connectivity index (χ4v) is 2.31. The lowest BCUT2D eigenvalue weighted by molar-refractivity contribution is 0.0846. The maximum absolute atomic E-state index is 12.1. The maximum atomic E-state index is 12.1. The van der Waals surface area contributed by atoms with Crippen LogP contribution in [0.2, 0.25) is 0 Å². The van der Waals surface area contributed by atoms with Crippen LogP contribution in [0.1, 0.15) is 20.7 Å². The summed E-state index contributed by atoms with van der Waals surface area (Å²) in [6, 6.07) is 13.3. The van der Waals surface area contributed by atoms with Crippen LogP contribution in [0, 0.1) is 0 Å². The molecule has 0 aliphatic heterocycles. The monoisotopic (exact) mass is 341 g/mol. The van der Waals surface area contributed by atoms with Gasteiger partial charge in [0.1, 0.15) is 19.0 Å². The fourth-order valence-electron chi connectivity index (χ4n) is 2.31. The number of amides is 2. The Kier molecular flexibility index (Phi) is 4.94. The molecule has 0 fully saturated rings. The first-order valence-corrected chi connectivity index (χ1v) is 7.64. The minimum Gasteiger partial charge on any atom is -0.491 e. The summed E-state index contributed by atoms with van der Waals surface area (Å²) in [7, 11) is 0. The van der Waals surface area contributed by atoms with Crippen molar-refractivity contribution in [3.8, 4) is 5.75 Å². The zero-order chi connectivity index (χ0) is 17.6. The number of hydrazine groups is 1. The molecule has 6 nitrogen and oxygen atoms in total. The van der Waals surface area contributed by atoms with Crippen molar-refractivity contribution in [2.45, 2.75) is 0 Å². The first-order chi connectivity index (χ1) is 12.2. The molecular weight excluding hydrogens is 325 g/mol. The summed E-state index contributed by atoms with van der Waals surface area (Å²) in [5.74, 6) is -0.420. The van der Waals surface area contributed by atoms with E-state index in [0.717, 1.165) is 10.9 Å². The second-order valence-corrected chi connectivity index (χ2v) is 5.25. The van der Waals surface area contributed by atoms with Crippen LogP contribution >= 0.6 is 0 Å². The quantitative estimate of drug-likeness (QED) is 0.624.